The Bertz CT molecular complexity index is 403. The highest BCUT2D eigenvalue weighted by Crippen LogP contribution is 2.26. The monoisotopic (exact) mass is 281 g/mol. The molecule has 19 heavy (non-hydrogen) atoms. The van der Waals surface area contributed by atoms with Gasteiger partial charge in [-0.25, -0.2) is 0 Å². The second kappa shape index (κ2) is 6.50. The predicted octanol–water partition coefficient (Wildman–Crippen LogP) is 1.74. The quantitative estimate of drug-likeness (QED) is 0.800. The molecule has 1 saturated carbocycles. The molecule has 0 radical (unpaired) electrons. The summed E-state index contributed by atoms with van der Waals surface area (Å²) < 4.78 is 0. The summed E-state index contributed by atoms with van der Waals surface area (Å²) in [4.78, 5) is 14.0. The molecular formula is C14H23N3OS. The average molecular weight is 281 g/mol. The summed E-state index contributed by atoms with van der Waals surface area (Å²) in [5.41, 5.74) is 7.44. The molecule has 106 valence electrons. The van der Waals surface area contributed by atoms with Crippen LogP contribution in [0.25, 0.3) is 0 Å². The molecule has 5 heteroatoms. The van der Waals surface area contributed by atoms with Crippen LogP contribution in [0.15, 0.2) is 16.8 Å². The van der Waals surface area contributed by atoms with E-state index in [0.29, 0.717) is 12.6 Å². The number of hydrogen-bond acceptors (Lipinski definition) is 4. The van der Waals surface area contributed by atoms with Gasteiger partial charge >= 0.3 is 0 Å². The molecular weight excluding hydrogens is 258 g/mol. The first-order valence-corrected chi connectivity index (χ1v) is 7.83. The van der Waals surface area contributed by atoms with E-state index in [-0.39, 0.29) is 18.0 Å². The smallest absolute Gasteiger partial charge is 0.234 e. The molecule has 0 aromatic carbocycles. The van der Waals surface area contributed by atoms with Gasteiger partial charge in [-0.05, 0) is 48.7 Å². The standard InChI is InChI=1S/C14H23N3OS/c1-3-12(15)14(10-6-7-19-9-10)17(2)8-13(18)16-11-4-5-11/h6-7,9,11-12,14H,3-5,8,15H2,1-2H3,(H,16,18). The van der Waals surface area contributed by atoms with Crippen LogP contribution in [-0.2, 0) is 4.79 Å². The second-order valence-corrected chi connectivity index (χ2v) is 6.11. The molecule has 1 aliphatic carbocycles. The molecule has 2 unspecified atom stereocenters. The van der Waals surface area contributed by atoms with Gasteiger partial charge in [-0.15, -0.1) is 0 Å². The molecule has 4 nitrogen and oxygen atoms in total. The molecule has 2 rings (SSSR count). The first-order chi connectivity index (χ1) is 9.11. The molecule has 1 amide bonds. The highest BCUT2D eigenvalue weighted by atomic mass is 32.1. The first-order valence-electron chi connectivity index (χ1n) is 6.89. The zero-order chi connectivity index (χ0) is 13.8. The molecule has 3 N–H and O–H groups in total. The van der Waals surface area contributed by atoms with Gasteiger partial charge in [0.1, 0.15) is 0 Å². The van der Waals surface area contributed by atoms with E-state index in [0.717, 1.165) is 19.3 Å². The summed E-state index contributed by atoms with van der Waals surface area (Å²) >= 11 is 1.67. The van der Waals surface area contributed by atoms with E-state index < -0.39 is 0 Å². The molecule has 1 fully saturated rings. The predicted molar refractivity (Wildman–Crippen MR) is 79.1 cm³/mol. The zero-order valence-electron chi connectivity index (χ0n) is 11.6. The summed E-state index contributed by atoms with van der Waals surface area (Å²) in [6, 6.07) is 2.68. The molecule has 0 aliphatic heterocycles. The minimum absolute atomic E-state index is 0.0494. The van der Waals surface area contributed by atoms with Crippen molar-refractivity contribution in [2.24, 2.45) is 5.73 Å². The maximum Gasteiger partial charge on any atom is 0.234 e. The van der Waals surface area contributed by atoms with Crippen molar-refractivity contribution in [1.29, 1.82) is 0 Å². The van der Waals surface area contributed by atoms with E-state index in [9.17, 15) is 4.79 Å². The fourth-order valence-electron chi connectivity index (χ4n) is 2.32. The molecule has 0 bridgehead atoms. The van der Waals surface area contributed by atoms with E-state index in [2.05, 4.69) is 34.0 Å². The van der Waals surface area contributed by atoms with E-state index in [1.54, 1.807) is 11.3 Å². The number of nitrogens with one attached hydrogen (secondary N) is 1. The van der Waals surface area contributed by atoms with Crippen molar-refractivity contribution in [2.45, 2.75) is 44.3 Å². The van der Waals surface area contributed by atoms with Gasteiger partial charge in [0.2, 0.25) is 5.91 Å². The van der Waals surface area contributed by atoms with Gasteiger partial charge in [-0.1, -0.05) is 6.92 Å². The average Bonchev–Trinajstić information content (AvgIpc) is 3.02. The van der Waals surface area contributed by atoms with Crippen molar-refractivity contribution in [3.63, 3.8) is 0 Å². The normalized spacial score (nSPS) is 18.3. The zero-order valence-corrected chi connectivity index (χ0v) is 12.5. The maximum absolute atomic E-state index is 11.9. The van der Waals surface area contributed by atoms with Crippen LogP contribution in [0.4, 0.5) is 0 Å². The Morgan fingerprint density at radius 1 is 1.63 bits per heavy atom. The van der Waals surface area contributed by atoms with Gasteiger partial charge in [-0.3, -0.25) is 9.69 Å². The van der Waals surface area contributed by atoms with Crippen LogP contribution in [0.2, 0.25) is 0 Å². The van der Waals surface area contributed by atoms with Crippen molar-refractivity contribution in [1.82, 2.24) is 10.2 Å². The Hall–Kier alpha value is -0.910. The number of likely N-dealkylation sites (N-methyl/N-ethyl adjacent to an activating group) is 1. The van der Waals surface area contributed by atoms with Gasteiger partial charge in [0.25, 0.3) is 0 Å². The lowest BCUT2D eigenvalue weighted by molar-refractivity contribution is -0.122. The third-order valence-corrected chi connectivity index (χ3v) is 4.27. The Morgan fingerprint density at radius 3 is 2.89 bits per heavy atom. The Labute approximate surface area is 119 Å². The number of thiophene rings is 1. The highest BCUT2D eigenvalue weighted by Gasteiger charge is 2.27. The third-order valence-electron chi connectivity index (χ3n) is 3.57. The van der Waals surface area contributed by atoms with Gasteiger partial charge in [0.15, 0.2) is 0 Å². The third kappa shape index (κ3) is 4.03. The van der Waals surface area contributed by atoms with Crippen molar-refractivity contribution in [3.8, 4) is 0 Å². The summed E-state index contributed by atoms with van der Waals surface area (Å²) in [7, 11) is 1.98. The van der Waals surface area contributed by atoms with Crippen LogP contribution in [0.3, 0.4) is 0 Å². The summed E-state index contributed by atoms with van der Waals surface area (Å²) in [5, 5.41) is 7.20. The van der Waals surface area contributed by atoms with Crippen LogP contribution in [-0.4, -0.2) is 36.5 Å². The highest BCUT2D eigenvalue weighted by molar-refractivity contribution is 7.07. The Balaban J connectivity index is 1.98. The van der Waals surface area contributed by atoms with E-state index in [1.807, 2.05) is 7.05 Å². The largest absolute Gasteiger partial charge is 0.352 e. The SMILES string of the molecule is CCC(N)C(c1ccsc1)N(C)CC(=O)NC1CC1. The van der Waals surface area contributed by atoms with Gasteiger partial charge < -0.3 is 11.1 Å². The van der Waals surface area contributed by atoms with Crippen LogP contribution < -0.4 is 11.1 Å². The van der Waals surface area contributed by atoms with E-state index in [4.69, 9.17) is 5.73 Å². The minimum atomic E-state index is 0.0494. The molecule has 1 heterocycles. The van der Waals surface area contributed by atoms with Crippen LogP contribution in [0.1, 0.15) is 37.8 Å². The summed E-state index contributed by atoms with van der Waals surface area (Å²) in [6.07, 6.45) is 3.14. The molecule has 1 aliphatic rings. The molecule has 2 atom stereocenters. The number of carbonyl (C=O) groups excluding carboxylic acids is 1. The fraction of sp³-hybridized carbons (Fsp3) is 0.643. The number of hydrogen-bond donors (Lipinski definition) is 2. The van der Waals surface area contributed by atoms with Crippen LogP contribution >= 0.6 is 11.3 Å². The van der Waals surface area contributed by atoms with Crippen molar-refractivity contribution in [2.75, 3.05) is 13.6 Å². The van der Waals surface area contributed by atoms with Gasteiger partial charge in [-0.2, -0.15) is 11.3 Å². The first kappa shape index (κ1) is 14.5. The fourth-order valence-corrected chi connectivity index (χ4v) is 3.01. The number of nitrogens with zero attached hydrogens (tertiary/aromatic N) is 1. The van der Waals surface area contributed by atoms with Gasteiger partial charge in [0.05, 0.1) is 12.6 Å². The van der Waals surface area contributed by atoms with Crippen LogP contribution in [0, 0.1) is 0 Å². The Kier molecular flexibility index (Phi) is 4.96. The van der Waals surface area contributed by atoms with Crippen molar-refractivity contribution >= 4 is 17.2 Å². The van der Waals surface area contributed by atoms with Crippen molar-refractivity contribution < 1.29 is 4.79 Å². The van der Waals surface area contributed by atoms with Crippen molar-refractivity contribution in [3.05, 3.63) is 22.4 Å². The van der Waals surface area contributed by atoms with E-state index >= 15 is 0 Å². The Morgan fingerprint density at radius 2 is 2.37 bits per heavy atom. The second-order valence-electron chi connectivity index (χ2n) is 5.33. The van der Waals surface area contributed by atoms with Gasteiger partial charge in [0, 0.05) is 12.1 Å². The summed E-state index contributed by atoms with van der Waals surface area (Å²) in [6.45, 7) is 2.49. The number of amides is 1. The minimum Gasteiger partial charge on any atom is -0.352 e. The van der Waals surface area contributed by atoms with Crippen LogP contribution in [0.5, 0.6) is 0 Å². The lowest BCUT2D eigenvalue weighted by atomic mass is 9.99. The molecule has 0 saturated heterocycles. The van der Waals surface area contributed by atoms with E-state index in [1.165, 1.54) is 5.56 Å². The molecule has 0 spiro atoms. The molecule has 1 aromatic rings. The summed E-state index contributed by atoms with van der Waals surface area (Å²) in [5.74, 6) is 0.105. The maximum atomic E-state index is 11.9. The lowest BCUT2D eigenvalue weighted by Gasteiger charge is -2.31. The number of nitrogens with two attached hydrogens (primary N) is 1. The topological polar surface area (TPSA) is 58.4 Å². The molecule has 1 aromatic heterocycles. The number of rotatable bonds is 7. The number of carbonyl (C=O) groups is 1. The lowest BCUT2D eigenvalue weighted by Crippen LogP contribution is -2.43.